The predicted molar refractivity (Wildman–Crippen MR) is 95.2 cm³/mol. The van der Waals surface area contributed by atoms with Gasteiger partial charge in [-0.2, -0.15) is 0 Å². The first-order valence-electron chi connectivity index (χ1n) is 8.74. The van der Waals surface area contributed by atoms with E-state index < -0.39 is 5.97 Å². The molecule has 4 nitrogen and oxygen atoms in total. The van der Waals surface area contributed by atoms with Crippen LogP contribution in [0.1, 0.15) is 72.6 Å². The zero-order chi connectivity index (χ0) is 17.6. The average Bonchev–Trinajstić information content (AvgIpc) is 2.61. The molecule has 4 heteroatoms. The van der Waals surface area contributed by atoms with Crippen molar-refractivity contribution in [1.29, 1.82) is 0 Å². The Labute approximate surface area is 144 Å². The Balaban J connectivity index is 2.30. The SMILES string of the molecule is C=CCCOC(=O)c1ccc(C(=O)OCCCCCCCC)cc1. The van der Waals surface area contributed by atoms with E-state index in [1.807, 2.05) is 0 Å². The van der Waals surface area contributed by atoms with Crippen molar-refractivity contribution in [3.8, 4) is 0 Å². The van der Waals surface area contributed by atoms with Gasteiger partial charge in [0.05, 0.1) is 24.3 Å². The summed E-state index contributed by atoms with van der Waals surface area (Å²) < 4.78 is 10.3. The minimum Gasteiger partial charge on any atom is -0.462 e. The van der Waals surface area contributed by atoms with Crippen LogP contribution in [-0.2, 0) is 9.47 Å². The van der Waals surface area contributed by atoms with Crippen molar-refractivity contribution < 1.29 is 19.1 Å². The normalized spacial score (nSPS) is 10.2. The van der Waals surface area contributed by atoms with E-state index in [0.29, 0.717) is 30.8 Å². The van der Waals surface area contributed by atoms with Crippen molar-refractivity contribution in [1.82, 2.24) is 0 Å². The molecule has 0 saturated carbocycles. The van der Waals surface area contributed by atoms with Gasteiger partial charge in [0.1, 0.15) is 0 Å². The van der Waals surface area contributed by atoms with Crippen molar-refractivity contribution in [3.63, 3.8) is 0 Å². The zero-order valence-electron chi connectivity index (χ0n) is 14.6. The summed E-state index contributed by atoms with van der Waals surface area (Å²) in [5.41, 5.74) is 0.871. The molecule has 0 aliphatic carbocycles. The maximum absolute atomic E-state index is 11.9. The quantitative estimate of drug-likeness (QED) is 0.309. The monoisotopic (exact) mass is 332 g/mol. The molecule has 0 aliphatic rings. The zero-order valence-corrected chi connectivity index (χ0v) is 14.6. The summed E-state index contributed by atoms with van der Waals surface area (Å²) in [5.74, 6) is -0.751. The highest BCUT2D eigenvalue weighted by molar-refractivity contribution is 5.93. The van der Waals surface area contributed by atoms with Crippen LogP contribution in [0.5, 0.6) is 0 Å². The summed E-state index contributed by atoms with van der Waals surface area (Å²) in [5, 5.41) is 0. The molecule has 0 spiro atoms. The van der Waals surface area contributed by atoms with Gasteiger partial charge in [-0.05, 0) is 37.1 Å². The molecule has 0 aromatic heterocycles. The average molecular weight is 332 g/mol. The fourth-order valence-electron chi connectivity index (χ4n) is 2.19. The largest absolute Gasteiger partial charge is 0.462 e. The van der Waals surface area contributed by atoms with Gasteiger partial charge in [0.15, 0.2) is 0 Å². The predicted octanol–water partition coefficient (Wildman–Crippen LogP) is 4.94. The lowest BCUT2D eigenvalue weighted by Crippen LogP contribution is -2.09. The van der Waals surface area contributed by atoms with Crippen LogP contribution in [0.25, 0.3) is 0 Å². The summed E-state index contributed by atoms with van der Waals surface area (Å²) >= 11 is 0. The number of carbonyl (C=O) groups is 2. The smallest absolute Gasteiger partial charge is 0.338 e. The topological polar surface area (TPSA) is 52.6 Å². The highest BCUT2D eigenvalue weighted by Crippen LogP contribution is 2.09. The summed E-state index contributed by atoms with van der Waals surface area (Å²) in [6, 6.07) is 6.34. The molecule has 0 unspecified atom stereocenters. The van der Waals surface area contributed by atoms with E-state index in [2.05, 4.69) is 13.5 Å². The van der Waals surface area contributed by atoms with Crippen molar-refractivity contribution in [2.24, 2.45) is 0 Å². The highest BCUT2D eigenvalue weighted by Gasteiger charge is 2.10. The van der Waals surface area contributed by atoms with Crippen LogP contribution < -0.4 is 0 Å². The molecule has 1 aromatic rings. The molecule has 0 aliphatic heterocycles. The molecule has 0 radical (unpaired) electrons. The van der Waals surface area contributed by atoms with Crippen molar-refractivity contribution in [3.05, 3.63) is 48.0 Å². The number of carbonyl (C=O) groups excluding carboxylic acids is 2. The van der Waals surface area contributed by atoms with E-state index in [1.165, 1.54) is 25.7 Å². The Kier molecular flexibility index (Phi) is 10.3. The molecule has 0 atom stereocenters. The summed E-state index contributed by atoms with van der Waals surface area (Å²) in [6.07, 6.45) is 9.22. The molecule has 132 valence electrons. The number of hydrogen-bond acceptors (Lipinski definition) is 4. The third kappa shape index (κ3) is 7.95. The van der Waals surface area contributed by atoms with Crippen molar-refractivity contribution in [2.75, 3.05) is 13.2 Å². The van der Waals surface area contributed by atoms with E-state index in [0.717, 1.165) is 12.8 Å². The molecule has 0 N–H and O–H groups in total. The maximum Gasteiger partial charge on any atom is 0.338 e. The second kappa shape index (κ2) is 12.3. The Morgan fingerprint density at radius 1 is 0.875 bits per heavy atom. The van der Waals surface area contributed by atoms with Gasteiger partial charge in [0, 0.05) is 0 Å². The van der Waals surface area contributed by atoms with E-state index in [-0.39, 0.29) is 5.97 Å². The van der Waals surface area contributed by atoms with Gasteiger partial charge in [0.2, 0.25) is 0 Å². The second-order valence-electron chi connectivity index (χ2n) is 5.69. The van der Waals surface area contributed by atoms with Gasteiger partial charge < -0.3 is 9.47 Å². The van der Waals surface area contributed by atoms with Gasteiger partial charge >= 0.3 is 11.9 Å². The molecule has 1 aromatic carbocycles. The molecule has 0 bridgehead atoms. The molecule has 0 fully saturated rings. The van der Waals surface area contributed by atoms with Gasteiger partial charge in [-0.1, -0.05) is 45.1 Å². The number of unbranched alkanes of at least 4 members (excludes halogenated alkanes) is 5. The van der Waals surface area contributed by atoms with Crippen LogP contribution in [0, 0.1) is 0 Å². The van der Waals surface area contributed by atoms with Crippen LogP contribution in [-0.4, -0.2) is 25.2 Å². The van der Waals surface area contributed by atoms with Crippen LogP contribution in [0.4, 0.5) is 0 Å². The van der Waals surface area contributed by atoms with Gasteiger partial charge in [-0.3, -0.25) is 0 Å². The Morgan fingerprint density at radius 3 is 1.92 bits per heavy atom. The molecular weight excluding hydrogens is 304 g/mol. The third-order valence-corrected chi connectivity index (χ3v) is 3.64. The highest BCUT2D eigenvalue weighted by atomic mass is 16.5. The van der Waals surface area contributed by atoms with Gasteiger partial charge in [0.25, 0.3) is 0 Å². The fraction of sp³-hybridized carbons (Fsp3) is 0.500. The van der Waals surface area contributed by atoms with E-state index in [9.17, 15) is 9.59 Å². The van der Waals surface area contributed by atoms with Gasteiger partial charge in [-0.15, -0.1) is 6.58 Å². The minimum atomic E-state index is -0.399. The lowest BCUT2D eigenvalue weighted by Gasteiger charge is -2.06. The van der Waals surface area contributed by atoms with Crippen molar-refractivity contribution >= 4 is 11.9 Å². The van der Waals surface area contributed by atoms with Crippen LogP contribution >= 0.6 is 0 Å². The number of rotatable bonds is 12. The first-order chi connectivity index (χ1) is 11.7. The molecule has 0 saturated heterocycles. The third-order valence-electron chi connectivity index (χ3n) is 3.64. The Bertz CT molecular complexity index is 505. The molecule has 24 heavy (non-hydrogen) atoms. The Hall–Kier alpha value is -2.10. The number of ether oxygens (including phenoxy) is 2. The molecular formula is C20H28O4. The lowest BCUT2D eigenvalue weighted by atomic mass is 10.1. The van der Waals surface area contributed by atoms with E-state index in [4.69, 9.17) is 9.47 Å². The summed E-state index contributed by atoms with van der Waals surface area (Å²) in [4.78, 5) is 23.7. The maximum atomic E-state index is 11.9. The van der Waals surface area contributed by atoms with Crippen LogP contribution in [0.3, 0.4) is 0 Å². The summed E-state index contributed by atoms with van der Waals surface area (Å²) in [6.45, 7) is 6.51. The minimum absolute atomic E-state index is 0.310. The van der Waals surface area contributed by atoms with Gasteiger partial charge in [-0.25, -0.2) is 9.59 Å². The lowest BCUT2D eigenvalue weighted by molar-refractivity contribution is 0.0488. The Morgan fingerprint density at radius 2 is 1.38 bits per heavy atom. The van der Waals surface area contributed by atoms with Crippen molar-refractivity contribution in [2.45, 2.75) is 51.9 Å². The fourth-order valence-corrected chi connectivity index (χ4v) is 2.19. The number of hydrogen-bond donors (Lipinski definition) is 0. The first-order valence-corrected chi connectivity index (χ1v) is 8.74. The second-order valence-corrected chi connectivity index (χ2v) is 5.69. The number of benzene rings is 1. The van der Waals surface area contributed by atoms with Crippen LogP contribution in [0.2, 0.25) is 0 Å². The molecule has 0 amide bonds. The number of esters is 2. The molecule has 1 rings (SSSR count). The standard InChI is InChI=1S/C20H28O4/c1-3-5-7-8-9-10-16-24-20(22)18-13-11-17(12-14-18)19(21)23-15-6-4-2/h4,11-14H,2-3,5-10,15-16H2,1H3. The van der Waals surface area contributed by atoms with E-state index >= 15 is 0 Å². The first kappa shape index (κ1) is 19.9. The van der Waals surface area contributed by atoms with Crippen LogP contribution in [0.15, 0.2) is 36.9 Å². The summed E-state index contributed by atoms with van der Waals surface area (Å²) in [7, 11) is 0. The van der Waals surface area contributed by atoms with E-state index in [1.54, 1.807) is 30.3 Å². The molecule has 0 heterocycles.